The first kappa shape index (κ1) is 28.9. The number of nitrogens with one attached hydrogen (secondary N) is 1. The van der Waals surface area contributed by atoms with Crippen molar-refractivity contribution in [3.63, 3.8) is 0 Å². The van der Waals surface area contributed by atoms with Gasteiger partial charge in [0.1, 0.15) is 11.8 Å². The van der Waals surface area contributed by atoms with Gasteiger partial charge >= 0.3 is 0 Å². The number of halogens is 1. The summed E-state index contributed by atoms with van der Waals surface area (Å²) in [6.07, 6.45) is 0.802. The molecular formula is C31H34ClN5O3S. The zero-order valence-corrected chi connectivity index (χ0v) is 24.6. The number of piperazine rings is 1. The van der Waals surface area contributed by atoms with E-state index in [1.807, 2.05) is 11.0 Å². The van der Waals surface area contributed by atoms with Crippen LogP contribution in [0.4, 0.5) is 17.1 Å². The first-order valence-electron chi connectivity index (χ1n) is 13.8. The van der Waals surface area contributed by atoms with Gasteiger partial charge in [-0.25, -0.2) is 0 Å². The largest absolute Gasteiger partial charge is 0.497 e. The summed E-state index contributed by atoms with van der Waals surface area (Å²) in [7, 11) is 1.59. The van der Waals surface area contributed by atoms with Crippen LogP contribution in [-0.4, -0.2) is 79.1 Å². The van der Waals surface area contributed by atoms with E-state index in [-0.39, 0.29) is 18.2 Å². The quantitative estimate of drug-likeness (QED) is 0.337. The summed E-state index contributed by atoms with van der Waals surface area (Å²) in [5.41, 5.74) is 2.49. The highest BCUT2D eigenvalue weighted by Gasteiger charge is 2.44. The summed E-state index contributed by atoms with van der Waals surface area (Å²) in [6.45, 7) is 5.35. The maximum absolute atomic E-state index is 13.7. The Morgan fingerprint density at radius 2 is 1.66 bits per heavy atom. The normalized spacial score (nSPS) is 17.7. The number of ether oxygens (including phenoxy) is 1. The lowest BCUT2D eigenvalue weighted by Crippen LogP contribution is -2.47. The Labute approximate surface area is 251 Å². The molecule has 0 aliphatic carbocycles. The van der Waals surface area contributed by atoms with Crippen LogP contribution in [0.1, 0.15) is 12.8 Å². The van der Waals surface area contributed by atoms with Gasteiger partial charge in [0.25, 0.3) is 5.91 Å². The van der Waals surface area contributed by atoms with Crippen molar-refractivity contribution in [3.05, 3.63) is 83.9 Å². The fraction of sp³-hybridized carbons (Fsp3) is 0.323. The van der Waals surface area contributed by atoms with E-state index in [1.54, 1.807) is 55.6 Å². The minimum atomic E-state index is -0.699. The molecule has 0 spiro atoms. The van der Waals surface area contributed by atoms with Crippen LogP contribution in [0.15, 0.2) is 78.9 Å². The highest BCUT2D eigenvalue weighted by atomic mass is 35.5. The number of para-hydroxylation sites is 1. The minimum Gasteiger partial charge on any atom is -0.497 e. The number of hydrogen-bond donors (Lipinski definition) is 1. The van der Waals surface area contributed by atoms with Gasteiger partial charge in [-0.1, -0.05) is 35.9 Å². The van der Waals surface area contributed by atoms with Crippen LogP contribution in [0.2, 0.25) is 5.02 Å². The number of amides is 2. The lowest BCUT2D eigenvalue weighted by molar-refractivity contribution is -0.124. The zero-order valence-electron chi connectivity index (χ0n) is 23.0. The fourth-order valence-corrected chi connectivity index (χ4v) is 5.93. The first-order chi connectivity index (χ1) is 19.9. The van der Waals surface area contributed by atoms with Crippen LogP contribution in [0.3, 0.4) is 0 Å². The second-order valence-electron chi connectivity index (χ2n) is 10.1. The Morgan fingerprint density at radius 3 is 2.34 bits per heavy atom. The van der Waals surface area contributed by atoms with Gasteiger partial charge in [0.2, 0.25) is 5.91 Å². The topological polar surface area (TPSA) is 68.4 Å². The second-order valence-corrected chi connectivity index (χ2v) is 10.9. The van der Waals surface area contributed by atoms with Crippen molar-refractivity contribution in [3.8, 4) is 5.75 Å². The molecule has 0 radical (unpaired) electrons. The molecule has 10 heteroatoms. The molecule has 2 aliphatic heterocycles. The number of methoxy groups -OCH3 is 1. The molecule has 41 heavy (non-hydrogen) atoms. The van der Waals surface area contributed by atoms with E-state index in [0.29, 0.717) is 33.8 Å². The number of carbonyl (C=O) groups is 2. The lowest BCUT2D eigenvalue weighted by Gasteiger charge is -2.36. The summed E-state index contributed by atoms with van der Waals surface area (Å²) in [5.74, 6) is 0.217. The highest BCUT2D eigenvalue weighted by molar-refractivity contribution is 7.80. The molecule has 0 unspecified atom stereocenters. The van der Waals surface area contributed by atoms with Crippen molar-refractivity contribution >= 4 is 57.8 Å². The van der Waals surface area contributed by atoms with Crippen molar-refractivity contribution in [2.45, 2.75) is 18.9 Å². The molecule has 2 saturated heterocycles. The average molecular weight is 592 g/mol. The van der Waals surface area contributed by atoms with E-state index in [2.05, 4.69) is 39.4 Å². The number of anilines is 3. The van der Waals surface area contributed by atoms with Gasteiger partial charge in [0.15, 0.2) is 5.11 Å². The monoisotopic (exact) mass is 591 g/mol. The predicted octanol–water partition coefficient (Wildman–Crippen LogP) is 4.89. The molecule has 0 aromatic heterocycles. The van der Waals surface area contributed by atoms with Gasteiger partial charge in [-0.3, -0.25) is 19.4 Å². The molecule has 214 valence electrons. The van der Waals surface area contributed by atoms with Crippen LogP contribution in [-0.2, 0) is 9.59 Å². The Morgan fingerprint density at radius 1 is 0.951 bits per heavy atom. The van der Waals surface area contributed by atoms with Crippen molar-refractivity contribution in [1.29, 1.82) is 0 Å². The molecule has 1 N–H and O–H groups in total. The van der Waals surface area contributed by atoms with Gasteiger partial charge in [0, 0.05) is 49.1 Å². The van der Waals surface area contributed by atoms with Crippen LogP contribution < -0.4 is 19.9 Å². The van der Waals surface area contributed by atoms with Gasteiger partial charge in [0.05, 0.1) is 19.2 Å². The molecule has 1 atom stereocenters. The molecule has 0 saturated carbocycles. The summed E-state index contributed by atoms with van der Waals surface area (Å²) < 4.78 is 5.19. The number of rotatable bonds is 10. The van der Waals surface area contributed by atoms with Crippen LogP contribution in [0.5, 0.6) is 5.75 Å². The molecule has 2 heterocycles. The number of thiocarbonyl (C=S) groups is 1. The van der Waals surface area contributed by atoms with Crippen molar-refractivity contribution in [1.82, 2.24) is 9.80 Å². The first-order valence-corrected chi connectivity index (χ1v) is 14.6. The molecule has 5 rings (SSSR count). The SMILES string of the molecule is COc1ccc(NC(=O)C[C@H]2C(=O)N(c3cccc(Cl)c3)C(=S)N2CCCN2CCN(c3ccccc3)CC2)cc1. The van der Waals surface area contributed by atoms with E-state index < -0.39 is 6.04 Å². The van der Waals surface area contributed by atoms with E-state index in [4.69, 9.17) is 28.6 Å². The lowest BCUT2D eigenvalue weighted by atomic mass is 10.1. The zero-order chi connectivity index (χ0) is 28.8. The van der Waals surface area contributed by atoms with Crippen LogP contribution >= 0.6 is 23.8 Å². The minimum absolute atomic E-state index is 0.0161. The number of hydrogen-bond acceptors (Lipinski definition) is 6. The third-order valence-electron chi connectivity index (χ3n) is 7.50. The van der Waals surface area contributed by atoms with Crippen molar-refractivity contribution in [2.24, 2.45) is 0 Å². The standard InChI is InChI=1S/C31H34ClN5O3S/c1-40-27-13-11-24(12-14-27)33-29(38)22-28-30(39)37(26-10-5-7-23(32)21-26)31(41)36(28)16-6-15-34-17-19-35(20-18-34)25-8-3-2-4-9-25/h2-5,7-14,21,28H,6,15-20,22H2,1H3,(H,33,38)/t28-/m0/s1. The Bertz CT molecular complexity index is 1370. The third kappa shape index (κ3) is 6.98. The van der Waals surface area contributed by atoms with E-state index in [1.165, 1.54) is 10.6 Å². The predicted molar refractivity (Wildman–Crippen MR) is 168 cm³/mol. The van der Waals surface area contributed by atoms with Gasteiger partial charge < -0.3 is 19.9 Å². The fourth-order valence-electron chi connectivity index (χ4n) is 5.34. The van der Waals surface area contributed by atoms with Gasteiger partial charge in [-0.05, 0) is 79.8 Å². The van der Waals surface area contributed by atoms with Crippen molar-refractivity contribution in [2.75, 3.05) is 61.5 Å². The molecule has 2 aliphatic rings. The molecular weight excluding hydrogens is 558 g/mol. The third-order valence-corrected chi connectivity index (χ3v) is 8.16. The number of benzene rings is 3. The maximum atomic E-state index is 13.7. The van der Waals surface area contributed by atoms with E-state index >= 15 is 0 Å². The molecule has 3 aromatic carbocycles. The highest BCUT2D eigenvalue weighted by Crippen LogP contribution is 2.29. The Balaban J connectivity index is 1.23. The molecule has 0 bridgehead atoms. The number of nitrogens with zero attached hydrogens (tertiary/aromatic N) is 4. The van der Waals surface area contributed by atoms with Crippen LogP contribution in [0, 0.1) is 0 Å². The molecule has 2 amide bonds. The van der Waals surface area contributed by atoms with E-state index in [0.717, 1.165) is 39.1 Å². The smallest absolute Gasteiger partial charge is 0.256 e. The Kier molecular flexibility index (Phi) is 9.38. The second kappa shape index (κ2) is 13.3. The maximum Gasteiger partial charge on any atom is 0.256 e. The summed E-state index contributed by atoms with van der Waals surface area (Å²) in [4.78, 5) is 35.0. The Hall–Kier alpha value is -3.66. The summed E-state index contributed by atoms with van der Waals surface area (Å²) >= 11 is 12.0. The van der Waals surface area contributed by atoms with Gasteiger partial charge in [-0.2, -0.15) is 0 Å². The molecule has 8 nitrogen and oxygen atoms in total. The van der Waals surface area contributed by atoms with E-state index in [9.17, 15) is 9.59 Å². The molecule has 3 aromatic rings. The van der Waals surface area contributed by atoms with Crippen molar-refractivity contribution < 1.29 is 14.3 Å². The summed E-state index contributed by atoms with van der Waals surface area (Å²) in [6, 6.07) is 23.9. The van der Waals surface area contributed by atoms with Gasteiger partial charge in [-0.15, -0.1) is 0 Å². The summed E-state index contributed by atoms with van der Waals surface area (Å²) in [5, 5.41) is 3.81. The average Bonchev–Trinajstić information content (AvgIpc) is 3.22. The van der Waals surface area contributed by atoms with Crippen LogP contribution in [0.25, 0.3) is 0 Å². The number of carbonyl (C=O) groups excluding carboxylic acids is 2. The molecule has 2 fully saturated rings.